The highest BCUT2D eigenvalue weighted by Crippen LogP contribution is 2.42. The SMILES string of the molecule is CC1CC=Cc2c1n(-c1ccccc1)c1cc(-c3ccc(-n4c5ccccc5c5c(-c6ccc(-c7cc(-c8ccccc8)nc(-c8ccccc8)n7)cc6)cccc54)cc3)ccc21. The zero-order valence-electron chi connectivity index (χ0n) is 34.9. The molecule has 0 bridgehead atoms. The number of aromatic nitrogens is 4. The Morgan fingerprint density at radius 1 is 0.429 bits per heavy atom. The van der Waals surface area contributed by atoms with Gasteiger partial charge in [0.2, 0.25) is 0 Å². The lowest BCUT2D eigenvalue weighted by Gasteiger charge is -2.19. The molecule has 0 spiro atoms. The zero-order chi connectivity index (χ0) is 41.9. The molecule has 1 aliphatic carbocycles. The molecule has 3 heterocycles. The molecule has 63 heavy (non-hydrogen) atoms. The number of fused-ring (bicyclic) bond motifs is 6. The monoisotopic (exact) mass is 806 g/mol. The first-order chi connectivity index (χ1) is 31.2. The third kappa shape index (κ3) is 6.30. The number of para-hydroxylation sites is 2. The summed E-state index contributed by atoms with van der Waals surface area (Å²) in [5.41, 5.74) is 18.3. The van der Waals surface area contributed by atoms with E-state index >= 15 is 0 Å². The van der Waals surface area contributed by atoms with Crippen LogP contribution in [0.25, 0.3) is 106 Å². The van der Waals surface area contributed by atoms with Crippen LogP contribution in [0.15, 0.2) is 212 Å². The standard InChI is InChI=1S/C59H42N4/c1-39-15-13-24-50-49-36-33-45(37-56(49)63(58(39)50)46-20-9-4-10-21-46)40-31-34-47(35-32-40)62-54-25-12-11-22-51(54)57-48(23-14-26-55(57)62)41-27-29-43(30-28-41)53-38-52(42-16-5-2-6-17-42)60-59(61-53)44-18-7-3-8-19-44/h2-14,16-39H,15H2,1H3. The van der Waals surface area contributed by atoms with Crippen LogP contribution < -0.4 is 0 Å². The molecule has 11 aromatic rings. The second-order valence-corrected chi connectivity index (χ2v) is 16.6. The fourth-order valence-electron chi connectivity index (χ4n) is 9.76. The van der Waals surface area contributed by atoms with Crippen LogP contribution >= 0.6 is 0 Å². The second-order valence-electron chi connectivity index (χ2n) is 16.6. The van der Waals surface area contributed by atoms with Gasteiger partial charge in [-0.25, -0.2) is 9.97 Å². The molecule has 0 amide bonds. The average molecular weight is 807 g/mol. The highest BCUT2D eigenvalue weighted by molar-refractivity contribution is 6.15. The lowest BCUT2D eigenvalue weighted by atomic mass is 9.93. The summed E-state index contributed by atoms with van der Waals surface area (Å²) in [6.07, 6.45) is 5.70. The van der Waals surface area contributed by atoms with Gasteiger partial charge in [0, 0.05) is 61.4 Å². The fourth-order valence-corrected chi connectivity index (χ4v) is 9.76. The van der Waals surface area contributed by atoms with Gasteiger partial charge in [-0.2, -0.15) is 0 Å². The molecule has 8 aromatic carbocycles. The first-order valence-corrected chi connectivity index (χ1v) is 21.8. The summed E-state index contributed by atoms with van der Waals surface area (Å²) in [6, 6.07) is 73.9. The Bertz CT molecular complexity index is 3450. The van der Waals surface area contributed by atoms with E-state index in [1.807, 2.05) is 24.3 Å². The van der Waals surface area contributed by atoms with Gasteiger partial charge < -0.3 is 9.13 Å². The maximum Gasteiger partial charge on any atom is 0.160 e. The molecule has 3 aromatic heterocycles. The summed E-state index contributed by atoms with van der Waals surface area (Å²) in [6.45, 7) is 2.35. The van der Waals surface area contributed by atoms with Crippen molar-refractivity contribution in [1.29, 1.82) is 0 Å². The van der Waals surface area contributed by atoms with Crippen molar-refractivity contribution >= 4 is 38.8 Å². The van der Waals surface area contributed by atoms with Crippen molar-refractivity contribution in [2.75, 3.05) is 0 Å². The van der Waals surface area contributed by atoms with Crippen molar-refractivity contribution in [1.82, 2.24) is 19.1 Å². The van der Waals surface area contributed by atoms with Crippen LogP contribution in [0.3, 0.4) is 0 Å². The van der Waals surface area contributed by atoms with Crippen molar-refractivity contribution in [3.63, 3.8) is 0 Å². The average Bonchev–Trinajstić information content (AvgIpc) is 3.88. The molecular formula is C59H42N4. The van der Waals surface area contributed by atoms with E-state index in [9.17, 15) is 0 Å². The van der Waals surface area contributed by atoms with Crippen LogP contribution in [0.5, 0.6) is 0 Å². The van der Waals surface area contributed by atoms with Gasteiger partial charge in [0.25, 0.3) is 0 Å². The minimum Gasteiger partial charge on any atom is -0.313 e. The minimum absolute atomic E-state index is 0.443. The first kappa shape index (κ1) is 36.7. The molecule has 4 nitrogen and oxygen atoms in total. The van der Waals surface area contributed by atoms with Crippen LogP contribution in [0.2, 0.25) is 0 Å². The van der Waals surface area contributed by atoms with Crippen molar-refractivity contribution in [3.05, 3.63) is 224 Å². The van der Waals surface area contributed by atoms with Crippen molar-refractivity contribution in [3.8, 4) is 67.5 Å². The summed E-state index contributed by atoms with van der Waals surface area (Å²) in [5.74, 6) is 1.16. The zero-order valence-corrected chi connectivity index (χ0v) is 34.9. The summed E-state index contributed by atoms with van der Waals surface area (Å²) < 4.78 is 4.90. The topological polar surface area (TPSA) is 35.6 Å². The molecule has 0 radical (unpaired) electrons. The van der Waals surface area contributed by atoms with E-state index in [2.05, 4.69) is 210 Å². The Morgan fingerprint density at radius 2 is 1.02 bits per heavy atom. The van der Waals surface area contributed by atoms with Gasteiger partial charge in [0.1, 0.15) is 0 Å². The number of rotatable bonds is 7. The Kier molecular flexibility index (Phi) is 8.82. The molecule has 1 unspecified atom stereocenters. The Morgan fingerprint density at radius 3 is 1.76 bits per heavy atom. The molecule has 1 atom stereocenters. The molecule has 0 saturated heterocycles. The van der Waals surface area contributed by atoms with E-state index in [1.54, 1.807) is 0 Å². The maximum atomic E-state index is 5.08. The summed E-state index contributed by atoms with van der Waals surface area (Å²) in [4.78, 5) is 10.1. The van der Waals surface area contributed by atoms with Crippen LogP contribution in [-0.4, -0.2) is 19.1 Å². The molecule has 1 aliphatic rings. The first-order valence-electron chi connectivity index (χ1n) is 21.8. The summed E-state index contributed by atoms with van der Waals surface area (Å²) in [5, 5.41) is 3.77. The Hall–Kier alpha value is -8.08. The predicted molar refractivity (Wildman–Crippen MR) is 262 cm³/mol. The molecule has 0 aliphatic heterocycles. The van der Waals surface area contributed by atoms with E-state index in [1.165, 1.54) is 66.3 Å². The second kappa shape index (κ2) is 15.1. The predicted octanol–water partition coefficient (Wildman–Crippen LogP) is 15.4. The van der Waals surface area contributed by atoms with Gasteiger partial charge in [-0.05, 0) is 77.2 Å². The molecule has 0 fully saturated rings. The Labute approximate surface area is 366 Å². The van der Waals surface area contributed by atoms with Crippen LogP contribution in [0.4, 0.5) is 0 Å². The molecule has 298 valence electrons. The van der Waals surface area contributed by atoms with Gasteiger partial charge in [0.05, 0.1) is 27.9 Å². The van der Waals surface area contributed by atoms with Crippen LogP contribution in [-0.2, 0) is 0 Å². The molecular weight excluding hydrogens is 765 g/mol. The van der Waals surface area contributed by atoms with E-state index in [4.69, 9.17) is 9.97 Å². The number of benzene rings is 8. The van der Waals surface area contributed by atoms with Crippen molar-refractivity contribution < 1.29 is 0 Å². The van der Waals surface area contributed by atoms with Gasteiger partial charge in [-0.1, -0.05) is 177 Å². The lowest BCUT2D eigenvalue weighted by molar-refractivity contribution is 0.723. The quantitative estimate of drug-likeness (QED) is 0.161. The van der Waals surface area contributed by atoms with Gasteiger partial charge in [-0.3, -0.25) is 0 Å². The molecule has 12 rings (SSSR count). The van der Waals surface area contributed by atoms with E-state index in [0.717, 1.165) is 45.7 Å². The lowest BCUT2D eigenvalue weighted by Crippen LogP contribution is -2.06. The molecule has 0 N–H and O–H groups in total. The third-order valence-electron chi connectivity index (χ3n) is 12.8. The fraction of sp³-hybridized carbons (Fsp3) is 0.0508. The smallest absolute Gasteiger partial charge is 0.160 e. The number of hydrogen-bond acceptors (Lipinski definition) is 2. The number of allylic oxidation sites excluding steroid dienone is 1. The minimum atomic E-state index is 0.443. The summed E-state index contributed by atoms with van der Waals surface area (Å²) in [7, 11) is 0. The van der Waals surface area contributed by atoms with Gasteiger partial charge in [0.15, 0.2) is 5.82 Å². The Balaban J connectivity index is 0.923. The normalized spacial score (nSPS) is 13.5. The summed E-state index contributed by atoms with van der Waals surface area (Å²) >= 11 is 0. The molecule has 4 heteroatoms. The number of nitrogens with zero attached hydrogens (tertiary/aromatic N) is 4. The van der Waals surface area contributed by atoms with E-state index in [0.29, 0.717) is 11.7 Å². The number of hydrogen-bond donors (Lipinski definition) is 0. The molecule has 0 saturated carbocycles. The van der Waals surface area contributed by atoms with Gasteiger partial charge >= 0.3 is 0 Å². The van der Waals surface area contributed by atoms with Crippen molar-refractivity contribution in [2.45, 2.75) is 19.3 Å². The van der Waals surface area contributed by atoms with E-state index in [-0.39, 0.29) is 0 Å². The highest BCUT2D eigenvalue weighted by atomic mass is 15.0. The van der Waals surface area contributed by atoms with Crippen LogP contribution in [0.1, 0.15) is 30.5 Å². The van der Waals surface area contributed by atoms with E-state index < -0.39 is 0 Å². The maximum absolute atomic E-state index is 5.08. The third-order valence-corrected chi connectivity index (χ3v) is 12.8. The largest absolute Gasteiger partial charge is 0.313 e. The van der Waals surface area contributed by atoms with Gasteiger partial charge in [-0.15, -0.1) is 0 Å². The van der Waals surface area contributed by atoms with Crippen LogP contribution in [0, 0.1) is 0 Å². The highest BCUT2D eigenvalue weighted by Gasteiger charge is 2.24. The van der Waals surface area contributed by atoms with Crippen molar-refractivity contribution in [2.24, 2.45) is 0 Å².